The van der Waals surface area contributed by atoms with Gasteiger partial charge in [-0.15, -0.1) is 11.6 Å². The van der Waals surface area contributed by atoms with E-state index in [4.69, 9.17) is 27.9 Å². The molecule has 0 atom stereocenters. The SMILES string of the molecule is Cc1nn(C)c(CN2CCC(OCCCl)CC2)c1Cl. The molecule has 6 heteroatoms. The van der Waals surface area contributed by atoms with Crippen LogP contribution in [0.5, 0.6) is 0 Å². The number of nitrogens with zero attached hydrogens (tertiary/aromatic N) is 3. The van der Waals surface area contributed by atoms with Crippen LogP contribution >= 0.6 is 23.2 Å². The van der Waals surface area contributed by atoms with Gasteiger partial charge in [0.25, 0.3) is 0 Å². The van der Waals surface area contributed by atoms with E-state index >= 15 is 0 Å². The molecule has 1 aromatic heterocycles. The Balaban J connectivity index is 1.85. The van der Waals surface area contributed by atoms with E-state index in [0.717, 1.165) is 48.9 Å². The number of piperidine rings is 1. The van der Waals surface area contributed by atoms with Crippen LogP contribution in [0.25, 0.3) is 0 Å². The molecule has 0 saturated carbocycles. The summed E-state index contributed by atoms with van der Waals surface area (Å²) in [7, 11) is 1.95. The van der Waals surface area contributed by atoms with Gasteiger partial charge in [0.05, 0.1) is 29.1 Å². The molecule has 0 aromatic carbocycles. The number of likely N-dealkylation sites (tertiary alicyclic amines) is 1. The number of ether oxygens (including phenoxy) is 1. The Hall–Kier alpha value is -0.290. The Bertz CT molecular complexity index is 414. The molecule has 1 fully saturated rings. The van der Waals surface area contributed by atoms with Crippen LogP contribution in [0.2, 0.25) is 5.02 Å². The summed E-state index contributed by atoms with van der Waals surface area (Å²) < 4.78 is 7.56. The maximum Gasteiger partial charge on any atom is 0.0860 e. The van der Waals surface area contributed by atoms with Gasteiger partial charge in [-0.1, -0.05) is 11.6 Å². The largest absolute Gasteiger partial charge is 0.377 e. The quantitative estimate of drug-likeness (QED) is 0.783. The summed E-state index contributed by atoms with van der Waals surface area (Å²) in [6, 6.07) is 0. The van der Waals surface area contributed by atoms with Crippen LogP contribution in [-0.2, 0) is 18.3 Å². The highest BCUT2D eigenvalue weighted by Crippen LogP contribution is 2.23. The van der Waals surface area contributed by atoms with Crippen molar-refractivity contribution >= 4 is 23.2 Å². The van der Waals surface area contributed by atoms with Gasteiger partial charge in [-0.05, 0) is 19.8 Å². The van der Waals surface area contributed by atoms with Gasteiger partial charge in [-0.2, -0.15) is 5.10 Å². The van der Waals surface area contributed by atoms with Crippen LogP contribution in [0.4, 0.5) is 0 Å². The van der Waals surface area contributed by atoms with Crippen molar-refractivity contribution in [1.29, 1.82) is 0 Å². The number of rotatable bonds is 5. The highest BCUT2D eigenvalue weighted by molar-refractivity contribution is 6.31. The molecule has 1 aliphatic rings. The number of halogens is 2. The Labute approximate surface area is 124 Å². The maximum absolute atomic E-state index is 6.28. The first kappa shape index (κ1) is 15.1. The van der Waals surface area contributed by atoms with Gasteiger partial charge in [-0.25, -0.2) is 0 Å². The third-order valence-electron chi connectivity index (χ3n) is 3.60. The molecule has 1 saturated heterocycles. The van der Waals surface area contributed by atoms with Gasteiger partial charge in [-0.3, -0.25) is 9.58 Å². The lowest BCUT2D eigenvalue weighted by Gasteiger charge is -2.31. The van der Waals surface area contributed by atoms with E-state index in [1.165, 1.54) is 0 Å². The normalized spacial score (nSPS) is 18.1. The first-order valence-corrected chi connectivity index (χ1v) is 7.61. The van der Waals surface area contributed by atoms with Crippen LogP contribution in [0.3, 0.4) is 0 Å². The van der Waals surface area contributed by atoms with Crippen LogP contribution in [0.1, 0.15) is 24.2 Å². The standard InChI is InChI=1S/C13H21Cl2N3O/c1-10-13(15)12(17(2)16-10)9-18-6-3-11(4-7-18)19-8-5-14/h11H,3-9H2,1-2H3. The number of aryl methyl sites for hydroxylation is 2. The van der Waals surface area contributed by atoms with Crippen molar-refractivity contribution in [3.63, 3.8) is 0 Å². The summed E-state index contributed by atoms with van der Waals surface area (Å²) >= 11 is 11.9. The number of alkyl halides is 1. The summed E-state index contributed by atoms with van der Waals surface area (Å²) in [6.45, 7) is 5.52. The summed E-state index contributed by atoms with van der Waals surface area (Å²) in [6.07, 6.45) is 2.48. The zero-order chi connectivity index (χ0) is 13.8. The fraction of sp³-hybridized carbons (Fsp3) is 0.769. The van der Waals surface area contributed by atoms with Crippen LogP contribution in [0.15, 0.2) is 0 Å². The van der Waals surface area contributed by atoms with Gasteiger partial charge >= 0.3 is 0 Å². The maximum atomic E-state index is 6.28. The topological polar surface area (TPSA) is 30.3 Å². The second-order valence-corrected chi connectivity index (χ2v) is 5.76. The summed E-state index contributed by atoms with van der Waals surface area (Å²) in [5, 5.41) is 5.14. The average molecular weight is 306 g/mol. The molecule has 0 amide bonds. The summed E-state index contributed by atoms with van der Waals surface area (Å²) in [5.74, 6) is 0.574. The van der Waals surface area contributed by atoms with Crippen molar-refractivity contribution in [3.05, 3.63) is 16.4 Å². The van der Waals surface area contributed by atoms with Crippen molar-refractivity contribution in [2.45, 2.75) is 32.4 Å². The van der Waals surface area contributed by atoms with Crippen molar-refractivity contribution in [2.24, 2.45) is 7.05 Å². The third-order valence-corrected chi connectivity index (χ3v) is 4.25. The molecule has 0 radical (unpaired) electrons. The second-order valence-electron chi connectivity index (χ2n) is 5.00. The van der Waals surface area contributed by atoms with E-state index in [9.17, 15) is 0 Å². The minimum Gasteiger partial charge on any atom is -0.377 e. The molecular weight excluding hydrogens is 285 g/mol. The average Bonchev–Trinajstić information content (AvgIpc) is 2.64. The van der Waals surface area contributed by atoms with Crippen molar-refractivity contribution in [2.75, 3.05) is 25.6 Å². The number of aromatic nitrogens is 2. The van der Waals surface area contributed by atoms with Crippen molar-refractivity contribution < 1.29 is 4.74 Å². The molecule has 4 nitrogen and oxygen atoms in total. The lowest BCUT2D eigenvalue weighted by atomic mass is 10.1. The monoisotopic (exact) mass is 305 g/mol. The Kier molecular flexibility index (Phi) is 5.51. The summed E-state index contributed by atoms with van der Waals surface area (Å²) in [5.41, 5.74) is 2.00. The molecule has 2 heterocycles. The minimum atomic E-state index is 0.360. The van der Waals surface area contributed by atoms with Crippen molar-refractivity contribution in [1.82, 2.24) is 14.7 Å². The molecule has 2 rings (SSSR count). The predicted octanol–water partition coefficient (Wildman–Crippen LogP) is 2.60. The fourth-order valence-electron chi connectivity index (χ4n) is 2.51. The smallest absolute Gasteiger partial charge is 0.0860 e. The molecule has 0 bridgehead atoms. The highest BCUT2D eigenvalue weighted by Gasteiger charge is 2.22. The summed E-state index contributed by atoms with van der Waals surface area (Å²) in [4.78, 5) is 2.41. The van der Waals surface area contributed by atoms with E-state index in [0.29, 0.717) is 18.6 Å². The molecule has 1 aliphatic heterocycles. The third kappa shape index (κ3) is 3.85. The van der Waals surface area contributed by atoms with Gasteiger partial charge in [0.2, 0.25) is 0 Å². The van der Waals surface area contributed by atoms with Gasteiger partial charge in [0, 0.05) is 32.6 Å². The Morgan fingerprint density at radius 2 is 2.05 bits per heavy atom. The molecule has 0 aliphatic carbocycles. The second kappa shape index (κ2) is 6.93. The first-order chi connectivity index (χ1) is 9.11. The molecule has 1 aromatic rings. The van der Waals surface area contributed by atoms with E-state index in [1.54, 1.807) is 0 Å². The minimum absolute atomic E-state index is 0.360. The molecule has 0 spiro atoms. The first-order valence-electron chi connectivity index (χ1n) is 6.69. The molecule has 0 unspecified atom stereocenters. The lowest BCUT2D eigenvalue weighted by molar-refractivity contribution is 0.0130. The van der Waals surface area contributed by atoms with Crippen LogP contribution in [-0.4, -0.2) is 46.4 Å². The molecular formula is C13H21Cl2N3O. The zero-order valence-corrected chi connectivity index (χ0v) is 13.0. The molecule has 108 valence electrons. The Morgan fingerprint density at radius 3 is 2.58 bits per heavy atom. The van der Waals surface area contributed by atoms with E-state index in [1.807, 2.05) is 18.7 Å². The van der Waals surface area contributed by atoms with Crippen LogP contribution < -0.4 is 0 Å². The fourth-order valence-corrected chi connectivity index (χ4v) is 2.82. The van der Waals surface area contributed by atoms with E-state index < -0.39 is 0 Å². The lowest BCUT2D eigenvalue weighted by Crippen LogP contribution is -2.37. The highest BCUT2D eigenvalue weighted by atomic mass is 35.5. The number of hydrogen-bond donors (Lipinski definition) is 0. The predicted molar refractivity (Wildman–Crippen MR) is 77.9 cm³/mol. The molecule has 19 heavy (non-hydrogen) atoms. The Morgan fingerprint density at radius 1 is 1.37 bits per heavy atom. The van der Waals surface area contributed by atoms with Gasteiger partial charge in [0.15, 0.2) is 0 Å². The number of hydrogen-bond acceptors (Lipinski definition) is 3. The van der Waals surface area contributed by atoms with Crippen molar-refractivity contribution in [3.8, 4) is 0 Å². The van der Waals surface area contributed by atoms with E-state index in [2.05, 4.69) is 10.00 Å². The van der Waals surface area contributed by atoms with Gasteiger partial charge < -0.3 is 4.74 Å². The van der Waals surface area contributed by atoms with Crippen LogP contribution in [0, 0.1) is 6.92 Å². The molecule has 0 N–H and O–H groups in total. The van der Waals surface area contributed by atoms with Gasteiger partial charge in [0.1, 0.15) is 0 Å². The zero-order valence-electron chi connectivity index (χ0n) is 11.5. The van der Waals surface area contributed by atoms with E-state index in [-0.39, 0.29) is 0 Å².